The number of hydrogen-bond acceptors (Lipinski definition) is 0. The van der Waals surface area contributed by atoms with E-state index in [1.165, 1.54) is 141 Å². The van der Waals surface area contributed by atoms with Crippen LogP contribution in [0, 0.1) is 0 Å². The van der Waals surface area contributed by atoms with Crippen molar-refractivity contribution in [3.05, 3.63) is 0 Å². The van der Waals surface area contributed by atoms with Crippen LogP contribution in [-0.2, 0) is 0 Å². The Morgan fingerprint density at radius 2 is 0.481 bits per heavy atom. The molecule has 0 atom stereocenters. The number of alkyl halides is 1. The molecule has 0 N–H and O–H groups in total. The monoisotopic (exact) mass is 402 g/mol. The molecule has 0 saturated carbocycles. The van der Waals surface area contributed by atoms with Gasteiger partial charge in [0.2, 0.25) is 0 Å². The van der Waals surface area contributed by atoms with E-state index in [2.05, 4.69) is 20.8 Å². The van der Waals surface area contributed by atoms with Crippen LogP contribution in [-0.4, -0.2) is 5.88 Å². The molecule has 0 nitrogen and oxygen atoms in total. The van der Waals surface area contributed by atoms with Gasteiger partial charge in [0.15, 0.2) is 0 Å². The Morgan fingerprint density at radius 3 is 0.667 bits per heavy atom. The zero-order chi connectivity index (χ0) is 20.3. The molecule has 0 amide bonds. The van der Waals surface area contributed by atoms with E-state index in [-0.39, 0.29) is 0 Å². The summed E-state index contributed by atoms with van der Waals surface area (Å²) in [4.78, 5) is 0. The zero-order valence-corrected chi connectivity index (χ0v) is 20.4. The Labute approximate surface area is 179 Å². The van der Waals surface area contributed by atoms with Crippen LogP contribution in [0.25, 0.3) is 0 Å². The minimum Gasteiger partial charge on any atom is -0.127 e. The highest BCUT2D eigenvalue weighted by molar-refractivity contribution is 6.17. The highest BCUT2D eigenvalue weighted by Gasteiger charge is 1.92. The number of hydrogen-bond donors (Lipinski definition) is 0. The average Bonchev–Trinajstić information content (AvgIpc) is 2.69. The van der Waals surface area contributed by atoms with Gasteiger partial charge in [-0.05, 0) is 6.42 Å². The van der Waals surface area contributed by atoms with E-state index in [1.807, 2.05) is 0 Å². The molecule has 27 heavy (non-hydrogen) atoms. The first-order valence-electron chi connectivity index (χ1n) is 12.9. The fourth-order valence-corrected chi connectivity index (χ4v) is 3.69. The quantitative estimate of drug-likeness (QED) is 0.132. The molecule has 0 saturated heterocycles. The van der Waals surface area contributed by atoms with Gasteiger partial charge in [-0.2, -0.15) is 0 Å². The first-order chi connectivity index (χ1) is 13.3. The first kappa shape index (κ1) is 29.5. The zero-order valence-electron chi connectivity index (χ0n) is 19.6. The molecule has 0 aromatic heterocycles. The van der Waals surface area contributed by atoms with Gasteiger partial charge < -0.3 is 0 Å². The van der Waals surface area contributed by atoms with E-state index in [4.69, 9.17) is 11.6 Å². The van der Waals surface area contributed by atoms with Crippen LogP contribution in [0.5, 0.6) is 0 Å². The summed E-state index contributed by atoms with van der Waals surface area (Å²) in [5.74, 6) is 0.844. The minimum absolute atomic E-state index is 0.844. The number of unbranched alkanes of at least 4 members (excludes halogenated alkanes) is 20. The molecule has 0 aliphatic carbocycles. The summed E-state index contributed by atoms with van der Waals surface area (Å²) in [6.45, 7) is 6.84. The fourth-order valence-electron chi connectivity index (χ4n) is 3.50. The Morgan fingerprint density at radius 1 is 0.296 bits per heavy atom. The molecule has 0 radical (unpaired) electrons. The maximum Gasteiger partial charge on any atom is 0.0223 e. The van der Waals surface area contributed by atoms with Crippen molar-refractivity contribution in [3.8, 4) is 0 Å². The molecule has 0 aliphatic rings. The van der Waals surface area contributed by atoms with Gasteiger partial charge in [-0.1, -0.05) is 156 Å². The molecule has 0 aliphatic heterocycles. The molecule has 0 aromatic rings. The summed E-state index contributed by atoms with van der Waals surface area (Å²) >= 11 is 5.60. The molecular weight excluding hydrogens is 348 g/mol. The smallest absolute Gasteiger partial charge is 0.0223 e. The first-order valence-corrected chi connectivity index (χ1v) is 13.4. The molecule has 0 fully saturated rings. The SMILES string of the molecule is CCCCCCCCCCCCCC.CCCCCCCCCCCCCl. The predicted octanol–water partition coefficient (Wildman–Crippen LogP) is 10.9. The van der Waals surface area contributed by atoms with Crippen LogP contribution >= 0.6 is 11.6 Å². The molecule has 0 heterocycles. The van der Waals surface area contributed by atoms with E-state index in [9.17, 15) is 0 Å². The third-order valence-electron chi connectivity index (χ3n) is 5.44. The van der Waals surface area contributed by atoms with Gasteiger partial charge in [-0.25, -0.2) is 0 Å². The molecular formula is C26H55Cl. The molecule has 1 heteroatoms. The van der Waals surface area contributed by atoms with E-state index < -0.39 is 0 Å². The second-order valence-electron chi connectivity index (χ2n) is 8.41. The van der Waals surface area contributed by atoms with Crippen LogP contribution in [0.3, 0.4) is 0 Å². The summed E-state index contributed by atoms with van der Waals surface area (Å²) in [5, 5.41) is 0. The van der Waals surface area contributed by atoms with Crippen molar-refractivity contribution in [2.75, 3.05) is 5.88 Å². The number of halogens is 1. The highest BCUT2D eigenvalue weighted by atomic mass is 35.5. The van der Waals surface area contributed by atoms with Crippen molar-refractivity contribution in [2.24, 2.45) is 0 Å². The lowest BCUT2D eigenvalue weighted by atomic mass is 10.1. The van der Waals surface area contributed by atoms with Crippen LogP contribution in [0.1, 0.15) is 162 Å². The summed E-state index contributed by atoms with van der Waals surface area (Å²) in [6.07, 6.45) is 31.3. The minimum atomic E-state index is 0.844. The van der Waals surface area contributed by atoms with Crippen molar-refractivity contribution in [2.45, 2.75) is 162 Å². The Kier molecular flexibility index (Phi) is 33.9. The predicted molar refractivity (Wildman–Crippen MR) is 129 cm³/mol. The van der Waals surface area contributed by atoms with Gasteiger partial charge in [0.05, 0.1) is 0 Å². The van der Waals surface area contributed by atoms with Crippen molar-refractivity contribution in [1.29, 1.82) is 0 Å². The second kappa shape index (κ2) is 31.0. The van der Waals surface area contributed by atoms with E-state index in [0.29, 0.717) is 0 Å². The maximum absolute atomic E-state index is 5.60. The van der Waals surface area contributed by atoms with Crippen LogP contribution < -0.4 is 0 Å². The maximum atomic E-state index is 5.60. The van der Waals surface area contributed by atoms with Gasteiger partial charge in [0.25, 0.3) is 0 Å². The topological polar surface area (TPSA) is 0 Å². The summed E-state index contributed by atoms with van der Waals surface area (Å²) in [5.41, 5.74) is 0. The van der Waals surface area contributed by atoms with Gasteiger partial charge in [-0.3, -0.25) is 0 Å². The van der Waals surface area contributed by atoms with Gasteiger partial charge >= 0.3 is 0 Å². The van der Waals surface area contributed by atoms with Gasteiger partial charge in [0.1, 0.15) is 0 Å². The molecule has 0 unspecified atom stereocenters. The summed E-state index contributed by atoms with van der Waals surface area (Å²) in [6, 6.07) is 0. The van der Waals surface area contributed by atoms with Crippen molar-refractivity contribution >= 4 is 11.6 Å². The Balaban J connectivity index is 0. The summed E-state index contributed by atoms with van der Waals surface area (Å²) < 4.78 is 0. The lowest BCUT2D eigenvalue weighted by Gasteiger charge is -2.01. The molecule has 0 aromatic carbocycles. The summed E-state index contributed by atoms with van der Waals surface area (Å²) in [7, 11) is 0. The third kappa shape index (κ3) is 34.2. The number of rotatable bonds is 21. The standard InChI is InChI=1S/C14H30.C12H25Cl/c1-3-5-7-9-11-13-14-12-10-8-6-4-2;1-2-3-4-5-6-7-8-9-10-11-12-13/h3-14H2,1-2H3;2-12H2,1H3. The lowest BCUT2D eigenvalue weighted by Crippen LogP contribution is -1.81. The van der Waals surface area contributed by atoms with E-state index in [1.54, 1.807) is 0 Å². The normalized spacial score (nSPS) is 10.7. The van der Waals surface area contributed by atoms with Crippen molar-refractivity contribution in [1.82, 2.24) is 0 Å². The van der Waals surface area contributed by atoms with Gasteiger partial charge in [0, 0.05) is 5.88 Å². The highest BCUT2D eigenvalue weighted by Crippen LogP contribution is 2.12. The van der Waals surface area contributed by atoms with Crippen molar-refractivity contribution in [3.63, 3.8) is 0 Å². The molecule has 0 rings (SSSR count). The van der Waals surface area contributed by atoms with Gasteiger partial charge in [-0.15, -0.1) is 11.6 Å². The van der Waals surface area contributed by atoms with Crippen LogP contribution in [0.15, 0.2) is 0 Å². The fraction of sp³-hybridized carbons (Fsp3) is 1.00. The largest absolute Gasteiger partial charge is 0.127 e. The third-order valence-corrected chi connectivity index (χ3v) is 5.71. The molecule has 0 bridgehead atoms. The second-order valence-corrected chi connectivity index (χ2v) is 8.78. The van der Waals surface area contributed by atoms with Crippen LogP contribution in [0.4, 0.5) is 0 Å². The molecule has 166 valence electrons. The average molecular weight is 403 g/mol. The Hall–Kier alpha value is 0.290. The Bertz CT molecular complexity index is 192. The van der Waals surface area contributed by atoms with Crippen LogP contribution in [0.2, 0.25) is 0 Å². The van der Waals surface area contributed by atoms with E-state index >= 15 is 0 Å². The molecule has 0 spiro atoms. The lowest BCUT2D eigenvalue weighted by molar-refractivity contribution is 0.548. The van der Waals surface area contributed by atoms with Crippen molar-refractivity contribution < 1.29 is 0 Å². The van der Waals surface area contributed by atoms with E-state index in [0.717, 1.165) is 5.88 Å².